The monoisotopic (exact) mass is 423 g/mol. The van der Waals surface area contributed by atoms with Crippen molar-refractivity contribution in [1.29, 1.82) is 0 Å². The third-order valence-corrected chi connectivity index (χ3v) is 6.14. The number of hydrazone groups is 1. The number of nitrogens with zero attached hydrogens (tertiary/aromatic N) is 1. The summed E-state index contributed by atoms with van der Waals surface area (Å²) in [6.07, 6.45) is 4.32. The zero-order valence-corrected chi connectivity index (χ0v) is 18.1. The molecule has 0 fully saturated rings. The van der Waals surface area contributed by atoms with Crippen molar-refractivity contribution in [3.63, 3.8) is 0 Å². The molecule has 1 atom stereocenters. The van der Waals surface area contributed by atoms with Crippen molar-refractivity contribution in [2.45, 2.75) is 45.1 Å². The van der Waals surface area contributed by atoms with Crippen LogP contribution in [0.25, 0.3) is 10.9 Å². The molecule has 2 N–H and O–H groups in total. The number of benzene rings is 2. The lowest BCUT2D eigenvalue weighted by atomic mass is 9.86. The van der Waals surface area contributed by atoms with Crippen LogP contribution in [-0.4, -0.2) is 23.7 Å². The highest BCUT2D eigenvalue weighted by Crippen LogP contribution is 2.42. The molecular formula is C24H26ClN3O2. The highest BCUT2D eigenvalue weighted by atomic mass is 35.5. The van der Waals surface area contributed by atoms with Crippen LogP contribution < -0.4 is 5.43 Å². The van der Waals surface area contributed by atoms with E-state index in [0.717, 1.165) is 29.6 Å². The van der Waals surface area contributed by atoms with E-state index in [9.17, 15) is 4.79 Å². The van der Waals surface area contributed by atoms with Gasteiger partial charge in [-0.3, -0.25) is 4.79 Å². The van der Waals surface area contributed by atoms with Gasteiger partial charge in [-0.15, -0.1) is 0 Å². The molecule has 2 heterocycles. The molecule has 0 saturated carbocycles. The number of fused-ring (bicyclic) bond motifs is 3. The molecule has 0 radical (unpaired) electrons. The molecule has 3 aromatic rings. The largest absolute Gasteiger partial charge is 0.368 e. The first kappa shape index (κ1) is 20.6. The average molecular weight is 424 g/mol. The fourth-order valence-corrected chi connectivity index (χ4v) is 4.39. The second-order valence-corrected chi connectivity index (χ2v) is 8.08. The molecule has 1 amide bonds. The second-order valence-electron chi connectivity index (χ2n) is 7.64. The average Bonchev–Trinajstić information content (AvgIpc) is 3.15. The summed E-state index contributed by atoms with van der Waals surface area (Å²) in [6.45, 7) is 4.82. The van der Waals surface area contributed by atoms with Gasteiger partial charge in [-0.25, -0.2) is 5.43 Å². The van der Waals surface area contributed by atoms with Crippen LogP contribution in [0.4, 0.5) is 0 Å². The van der Waals surface area contributed by atoms with Gasteiger partial charge in [0, 0.05) is 15.9 Å². The van der Waals surface area contributed by atoms with E-state index in [0.29, 0.717) is 18.1 Å². The zero-order chi connectivity index (χ0) is 21.1. The Labute approximate surface area is 181 Å². The van der Waals surface area contributed by atoms with Crippen LogP contribution in [0.1, 0.15) is 49.1 Å². The maximum absolute atomic E-state index is 12.7. The summed E-state index contributed by atoms with van der Waals surface area (Å²) in [6, 6.07) is 13.7. The highest BCUT2D eigenvalue weighted by Gasteiger charge is 2.40. The van der Waals surface area contributed by atoms with Crippen LogP contribution in [0.15, 0.2) is 47.6 Å². The van der Waals surface area contributed by atoms with E-state index >= 15 is 0 Å². The molecule has 1 aliphatic rings. The van der Waals surface area contributed by atoms with Crippen LogP contribution in [0.3, 0.4) is 0 Å². The first-order chi connectivity index (χ1) is 14.6. The van der Waals surface area contributed by atoms with Crippen molar-refractivity contribution in [3.8, 4) is 0 Å². The highest BCUT2D eigenvalue weighted by molar-refractivity contribution is 6.30. The number of halogens is 1. The Morgan fingerprint density at radius 3 is 2.80 bits per heavy atom. The number of hydrogen-bond acceptors (Lipinski definition) is 3. The van der Waals surface area contributed by atoms with Gasteiger partial charge in [-0.2, -0.15) is 5.10 Å². The van der Waals surface area contributed by atoms with Crippen molar-refractivity contribution in [3.05, 3.63) is 69.9 Å². The standard InChI is InChI=1S/C24H26ClN3O2/c1-3-17-6-5-7-19-20-12-13-30-24(4-2,23(20)27-22(17)19)14-21(29)28-26-15-16-8-10-18(25)11-9-16/h5-11,15,27H,3-4,12-14H2,1-2H3,(H,28,29)/b26-15+. The minimum absolute atomic E-state index is 0.177. The normalized spacial score (nSPS) is 18.6. The number of aryl methyl sites for hydroxylation is 1. The third-order valence-electron chi connectivity index (χ3n) is 5.88. The van der Waals surface area contributed by atoms with E-state index in [1.165, 1.54) is 16.5 Å². The second kappa shape index (κ2) is 8.62. The van der Waals surface area contributed by atoms with Gasteiger partial charge in [0.2, 0.25) is 5.91 Å². The number of ether oxygens (including phenoxy) is 1. The van der Waals surface area contributed by atoms with Gasteiger partial charge < -0.3 is 9.72 Å². The summed E-state index contributed by atoms with van der Waals surface area (Å²) in [5, 5.41) is 6.00. The zero-order valence-electron chi connectivity index (χ0n) is 17.3. The maximum Gasteiger partial charge on any atom is 0.243 e. The summed E-state index contributed by atoms with van der Waals surface area (Å²) < 4.78 is 6.23. The van der Waals surface area contributed by atoms with Crippen LogP contribution in [0, 0.1) is 0 Å². The quantitative estimate of drug-likeness (QED) is 0.427. The van der Waals surface area contributed by atoms with Crippen molar-refractivity contribution in [2.75, 3.05) is 6.61 Å². The SMILES string of the molecule is CCc1cccc2c3c([nH]c12)C(CC)(CC(=O)N/N=C/c1ccc(Cl)cc1)OCC3. The number of rotatable bonds is 6. The molecule has 5 nitrogen and oxygen atoms in total. The summed E-state index contributed by atoms with van der Waals surface area (Å²) in [5.74, 6) is -0.177. The van der Waals surface area contributed by atoms with Crippen LogP contribution >= 0.6 is 11.6 Å². The molecule has 0 spiro atoms. The minimum Gasteiger partial charge on any atom is -0.368 e. The van der Waals surface area contributed by atoms with E-state index in [2.05, 4.69) is 47.6 Å². The molecule has 0 aliphatic carbocycles. The van der Waals surface area contributed by atoms with E-state index in [-0.39, 0.29) is 12.3 Å². The molecule has 0 bridgehead atoms. The molecule has 1 aliphatic heterocycles. The van der Waals surface area contributed by atoms with Gasteiger partial charge in [0.25, 0.3) is 0 Å². The van der Waals surface area contributed by atoms with Gasteiger partial charge >= 0.3 is 0 Å². The summed E-state index contributed by atoms with van der Waals surface area (Å²) in [5.41, 5.74) is 7.58. The third kappa shape index (κ3) is 3.87. The number of hydrogen-bond donors (Lipinski definition) is 2. The van der Waals surface area contributed by atoms with Crippen LogP contribution in [0.5, 0.6) is 0 Å². The molecule has 6 heteroatoms. The Kier molecular flexibility index (Phi) is 5.93. The molecule has 4 rings (SSSR count). The lowest BCUT2D eigenvalue weighted by Gasteiger charge is -2.36. The van der Waals surface area contributed by atoms with Crippen molar-refractivity contribution in [1.82, 2.24) is 10.4 Å². The number of carbonyl (C=O) groups excluding carboxylic acids is 1. The Balaban J connectivity index is 1.57. The van der Waals surface area contributed by atoms with Crippen LogP contribution in [-0.2, 0) is 28.0 Å². The summed E-state index contributed by atoms with van der Waals surface area (Å²) >= 11 is 5.89. The first-order valence-electron chi connectivity index (χ1n) is 10.4. The predicted molar refractivity (Wildman–Crippen MR) is 121 cm³/mol. The van der Waals surface area contributed by atoms with Gasteiger partial charge in [0.1, 0.15) is 5.60 Å². The Hall–Kier alpha value is -2.63. The van der Waals surface area contributed by atoms with Crippen LogP contribution in [0.2, 0.25) is 5.02 Å². The molecule has 0 saturated heterocycles. The number of aromatic nitrogens is 1. The van der Waals surface area contributed by atoms with Crippen molar-refractivity contribution < 1.29 is 9.53 Å². The van der Waals surface area contributed by atoms with Gasteiger partial charge in [0.15, 0.2) is 0 Å². The van der Waals surface area contributed by atoms with Gasteiger partial charge in [-0.1, -0.05) is 55.8 Å². The Morgan fingerprint density at radius 2 is 2.07 bits per heavy atom. The molecule has 156 valence electrons. The topological polar surface area (TPSA) is 66.5 Å². The number of amides is 1. The number of carbonyl (C=O) groups is 1. The molecule has 1 aromatic heterocycles. The number of H-pyrrole nitrogens is 1. The molecule has 30 heavy (non-hydrogen) atoms. The van der Waals surface area contributed by atoms with E-state index in [4.69, 9.17) is 16.3 Å². The van der Waals surface area contributed by atoms with E-state index < -0.39 is 5.60 Å². The number of para-hydroxylation sites is 1. The number of nitrogens with one attached hydrogen (secondary N) is 2. The Bertz CT molecular complexity index is 1090. The fourth-order valence-electron chi connectivity index (χ4n) is 4.27. The van der Waals surface area contributed by atoms with Crippen molar-refractivity contribution in [2.24, 2.45) is 5.10 Å². The van der Waals surface area contributed by atoms with Crippen molar-refractivity contribution >= 4 is 34.6 Å². The first-order valence-corrected chi connectivity index (χ1v) is 10.8. The molecular weight excluding hydrogens is 398 g/mol. The lowest BCUT2D eigenvalue weighted by molar-refractivity contribution is -0.132. The van der Waals surface area contributed by atoms with E-state index in [1.807, 2.05) is 12.1 Å². The Morgan fingerprint density at radius 1 is 1.27 bits per heavy atom. The lowest BCUT2D eigenvalue weighted by Crippen LogP contribution is -2.39. The van der Waals surface area contributed by atoms with E-state index in [1.54, 1.807) is 18.3 Å². The van der Waals surface area contributed by atoms with Gasteiger partial charge in [-0.05, 0) is 48.1 Å². The number of aromatic amines is 1. The maximum atomic E-state index is 12.7. The smallest absolute Gasteiger partial charge is 0.243 e. The fraction of sp³-hybridized carbons (Fsp3) is 0.333. The summed E-state index contributed by atoms with van der Waals surface area (Å²) in [4.78, 5) is 16.3. The predicted octanol–water partition coefficient (Wildman–Crippen LogP) is 5.10. The van der Waals surface area contributed by atoms with Gasteiger partial charge in [0.05, 0.1) is 24.9 Å². The molecule has 2 aromatic carbocycles. The minimum atomic E-state index is -0.669. The molecule has 1 unspecified atom stereocenters. The summed E-state index contributed by atoms with van der Waals surface area (Å²) in [7, 11) is 0.